The van der Waals surface area contributed by atoms with Crippen LogP contribution < -0.4 is 0 Å². The van der Waals surface area contributed by atoms with E-state index < -0.39 is 0 Å². The van der Waals surface area contributed by atoms with E-state index in [9.17, 15) is 0 Å². The van der Waals surface area contributed by atoms with Crippen LogP contribution in [0.4, 0.5) is 0 Å². The van der Waals surface area contributed by atoms with Gasteiger partial charge in [-0.05, 0) is 0 Å². The molecule has 0 aliphatic rings. The third-order valence-electron chi connectivity index (χ3n) is 0. The van der Waals surface area contributed by atoms with Crippen molar-refractivity contribution in [1.29, 1.82) is 0 Å². The van der Waals surface area contributed by atoms with Gasteiger partial charge in [-0.1, -0.05) is 0 Å². The average Bonchev–Trinajstić information content (AvgIpc) is 0. The summed E-state index contributed by atoms with van der Waals surface area (Å²) in [5, 5.41) is 0. The molecule has 0 aliphatic heterocycles. The molecule has 0 bridgehead atoms. The van der Waals surface area contributed by atoms with Crippen molar-refractivity contribution in [2.24, 2.45) is 0 Å². The third-order valence-corrected chi connectivity index (χ3v) is 0. The van der Waals surface area contributed by atoms with Crippen LogP contribution in [-0.2, 0) is 34.1 Å². The summed E-state index contributed by atoms with van der Waals surface area (Å²) >= 11 is 0. The van der Waals surface area contributed by atoms with Crippen LogP contribution in [0.3, 0.4) is 0 Å². The van der Waals surface area contributed by atoms with E-state index in [1.165, 1.54) is 0 Å². The van der Waals surface area contributed by atoms with E-state index in [-0.39, 0.29) is 110 Å². The molecule has 0 aromatic rings. The summed E-state index contributed by atoms with van der Waals surface area (Å²) < 4.78 is 0. The third kappa shape index (κ3) is 50.1. The van der Waals surface area contributed by atoms with Gasteiger partial charge in [0.2, 0.25) is 0 Å². The first kappa shape index (κ1) is 92.6. The van der Waals surface area contributed by atoms with Gasteiger partial charge in [0, 0.05) is 34.1 Å². The Morgan fingerprint density at radius 3 is 0.429 bits per heavy atom. The Morgan fingerprint density at radius 1 is 0.429 bits per heavy atom. The van der Waals surface area contributed by atoms with Crippen LogP contribution in [0.5, 0.6) is 0 Å². The maximum absolute atomic E-state index is 0. The fourth-order valence-corrected chi connectivity index (χ4v) is 0. The normalized spacial score (nSPS) is 0. The molecule has 6 N–H and O–H groups in total. The second-order valence-corrected chi connectivity index (χ2v) is 0. The fourth-order valence-electron chi connectivity index (χ4n) is 0. The molecule has 0 saturated heterocycles. The van der Waals surface area contributed by atoms with Crippen molar-refractivity contribution in [3.05, 3.63) is 0 Å². The summed E-state index contributed by atoms with van der Waals surface area (Å²) in [5.41, 5.74) is 0. The predicted octanol–water partition coefficient (Wildman–Crippen LogP) is -3.78. The first-order valence-corrected chi connectivity index (χ1v) is 0. The van der Waals surface area contributed by atoms with E-state index in [0.717, 1.165) is 0 Å². The van der Waals surface area contributed by atoms with Crippen LogP contribution in [-0.4, -0.2) is 75.5 Å². The molecule has 0 fully saturated rings. The van der Waals surface area contributed by atoms with Gasteiger partial charge in [0.05, 0.1) is 0 Å². The Bertz CT molecular complexity index is 10.9. The summed E-state index contributed by atoms with van der Waals surface area (Å²) in [6, 6.07) is 0. The summed E-state index contributed by atoms with van der Waals surface area (Å²) in [6.45, 7) is 0. The summed E-state index contributed by atoms with van der Waals surface area (Å²) in [6.07, 6.45) is 0. The van der Waals surface area contributed by atoms with E-state index in [1.54, 1.807) is 0 Å². The molecule has 7 heteroatoms. The number of hydrogen-bond acceptors (Lipinski definition) is 0. The molecule has 0 aromatic carbocycles. The number of hydrogen-bond donors (Lipinski definition) is 0. The second-order valence-electron chi connectivity index (χ2n) is 0. The first-order valence-electron chi connectivity index (χ1n) is 0. The van der Waals surface area contributed by atoms with E-state index in [2.05, 4.69) is 0 Å². The van der Waals surface area contributed by atoms with E-state index in [4.69, 9.17) is 0 Å². The van der Waals surface area contributed by atoms with Crippen LogP contribution in [0.15, 0.2) is 0 Å². The monoisotopic (exact) mass is 214 g/mol. The molecule has 0 heterocycles. The molecule has 44 valence electrons. The zero-order valence-corrected chi connectivity index (χ0v) is 4.42. The van der Waals surface area contributed by atoms with Gasteiger partial charge >= 0.3 is 59.1 Å². The van der Waals surface area contributed by atoms with Crippen LogP contribution >= 0.6 is 0 Å². The molecule has 0 amide bonds. The molecule has 0 radical (unpaired) electrons. The van der Waals surface area contributed by atoms with Gasteiger partial charge in [-0.2, -0.15) is 0 Å². The fraction of sp³-hybridized carbons (Fsp3) is 0. The molecule has 0 unspecified atom stereocenters. The van der Waals surface area contributed by atoms with E-state index in [1.807, 2.05) is 0 Å². The molecule has 0 aliphatic carbocycles. The molecule has 0 rings (SSSR count). The Kier molecular flexibility index (Phi) is 868. The van der Waals surface area contributed by atoms with Crippen molar-refractivity contribution >= 4 is 59.1 Å². The molecular formula is H8Fe2Na2O3. The molecule has 0 aromatic heterocycles. The average molecular weight is 214 g/mol. The zero-order valence-electron chi connectivity index (χ0n) is 2.21. The minimum atomic E-state index is 0. The van der Waals surface area contributed by atoms with Crippen molar-refractivity contribution in [3.63, 3.8) is 0 Å². The van der Waals surface area contributed by atoms with Crippen molar-refractivity contribution in [2.75, 3.05) is 0 Å². The summed E-state index contributed by atoms with van der Waals surface area (Å²) in [7, 11) is 0. The Labute approximate surface area is 108 Å². The van der Waals surface area contributed by atoms with Crippen molar-refractivity contribution in [3.8, 4) is 0 Å². The van der Waals surface area contributed by atoms with Gasteiger partial charge in [-0.3, -0.25) is 0 Å². The Balaban J connectivity index is 0. The van der Waals surface area contributed by atoms with Gasteiger partial charge in [0.25, 0.3) is 0 Å². The van der Waals surface area contributed by atoms with Crippen molar-refractivity contribution in [1.82, 2.24) is 0 Å². The predicted molar refractivity (Wildman–Crippen MR) is 25.1 cm³/mol. The van der Waals surface area contributed by atoms with Crippen LogP contribution in [0.1, 0.15) is 0 Å². The zero-order chi connectivity index (χ0) is 0. The van der Waals surface area contributed by atoms with Gasteiger partial charge < -0.3 is 16.4 Å². The number of rotatable bonds is 0. The van der Waals surface area contributed by atoms with Crippen molar-refractivity contribution in [2.45, 2.75) is 0 Å². The van der Waals surface area contributed by atoms with Crippen molar-refractivity contribution < 1.29 is 50.6 Å². The molecule has 0 spiro atoms. The molecular weight excluding hydrogens is 206 g/mol. The Morgan fingerprint density at radius 2 is 0.429 bits per heavy atom. The van der Waals surface area contributed by atoms with E-state index in [0.29, 0.717) is 0 Å². The van der Waals surface area contributed by atoms with Crippen LogP contribution in [0.2, 0.25) is 0 Å². The molecule has 3 nitrogen and oxygen atoms in total. The van der Waals surface area contributed by atoms with E-state index >= 15 is 0 Å². The van der Waals surface area contributed by atoms with Gasteiger partial charge in [0.1, 0.15) is 0 Å². The molecule has 7 heavy (non-hydrogen) atoms. The molecule has 0 atom stereocenters. The minimum absolute atomic E-state index is 0. The van der Waals surface area contributed by atoms with Crippen LogP contribution in [0.25, 0.3) is 0 Å². The topological polar surface area (TPSA) is 94.5 Å². The molecule has 0 saturated carbocycles. The van der Waals surface area contributed by atoms with Gasteiger partial charge in [-0.25, -0.2) is 0 Å². The summed E-state index contributed by atoms with van der Waals surface area (Å²) in [5.74, 6) is 0. The second kappa shape index (κ2) is 65.6. The SMILES string of the molecule is O.O.O.[Fe].[Fe].[NaH].[NaH]. The first-order chi connectivity index (χ1) is 0. The quantitative estimate of drug-likeness (QED) is 0.370. The summed E-state index contributed by atoms with van der Waals surface area (Å²) in [4.78, 5) is 0. The van der Waals surface area contributed by atoms with Gasteiger partial charge in [-0.15, -0.1) is 0 Å². The Hall–Kier alpha value is 2.92. The van der Waals surface area contributed by atoms with Gasteiger partial charge in [0.15, 0.2) is 0 Å². The standard InChI is InChI=1S/2Fe.2Na.3H2O.2H/h;;;;3*1H2;;. The van der Waals surface area contributed by atoms with Crippen LogP contribution in [0, 0.1) is 0 Å². The maximum atomic E-state index is 0.